The molecule has 2 aromatic carbocycles. The first kappa shape index (κ1) is 20.3. The number of para-hydroxylation sites is 1. The number of hydrogen-bond acceptors (Lipinski definition) is 3. The van der Waals surface area contributed by atoms with Gasteiger partial charge >= 0.3 is 19.0 Å². The zero-order valence-electron chi connectivity index (χ0n) is 13.7. The number of hydrogen-bond donors (Lipinski definition) is 2. The highest BCUT2D eigenvalue weighted by Crippen LogP contribution is 2.26. The summed E-state index contributed by atoms with van der Waals surface area (Å²) < 4.78 is 69.6. The molecule has 2 aromatic rings. The fourth-order valence-corrected chi connectivity index (χ4v) is 2.13. The first-order valence-corrected chi connectivity index (χ1v) is 7.62. The van der Waals surface area contributed by atoms with Crippen LogP contribution in [-0.2, 0) is 13.1 Å². The van der Waals surface area contributed by atoms with Gasteiger partial charge in [0.25, 0.3) is 0 Å². The quantitative estimate of drug-likeness (QED) is 0.698. The Morgan fingerprint density at radius 2 is 1.70 bits per heavy atom. The zero-order chi connectivity index (χ0) is 19.9. The van der Waals surface area contributed by atoms with Crippen LogP contribution in [0.2, 0.25) is 0 Å². The third-order valence-electron chi connectivity index (χ3n) is 3.21. The molecule has 0 spiro atoms. The van der Waals surface area contributed by atoms with Crippen LogP contribution in [0.3, 0.4) is 0 Å². The van der Waals surface area contributed by atoms with Gasteiger partial charge in [0.1, 0.15) is 11.5 Å². The van der Waals surface area contributed by atoms with Crippen LogP contribution < -0.4 is 20.1 Å². The van der Waals surface area contributed by atoms with E-state index in [2.05, 4.69) is 20.1 Å². The van der Waals surface area contributed by atoms with Crippen molar-refractivity contribution in [3.8, 4) is 11.5 Å². The predicted molar refractivity (Wildman–Crippen MR) is 85.3 cm³/mol. The summed E-state index contributed by atoms with van der Waals surface area (Å²) in [7, 11) is 0. The lowest BCUT2D eigenvalue weighted by molar-refractivity contribution is -0.274. The highest BCUT2D eigenvalue weighted by Gasteiger charge is 2.31. The maximum Gasteiger partial charge on any atom is 0.573 e. The van der Waals surface area contributed by atoms with Crippen LogP contribution in [0.5, 0.6) is 11.5 Å². The van der Waals surface area contributed by atoms with Gasteiger partial charge in [-0.05, 0) is 23.8 Å². The second-order valence-corrected chi connectivity index (χ2v) is 5.22. The molecule has 2 N–H and O–H groups in total. The van der Waals surface area contributed by atoms with Crippen LogP contribution in [0.4, 0.5) is 26.7 Å². The summed E-state index contributed by atoms with van der Waals surface area (Å²) in [5.74, 6) is -0.468. The van der Waals surface area contributed by atoms with Crippen molar-refractivity contribution in [2.75, 3.05) is 0 Å². The number of halogens is 5. The molecule has 0 radical (unpaired) electrons. The number of rotatable bonds is 7. The summed E-state index contributed by atoms with van der Waals surface area (Å²) in [4.78, 5) is 11.8. The van der Waals surface area contributed by atoms with Crippen LogP contribution >= 0.6 is 0 Å². The van der Waals surface area contributed by atoms with E-state index in [1.165, 1.54) is 36.4 Å². The van der Waals surface area contributed by atoms with Crippen molar-refractivity contribution < 1.29 is 36.2 Å². The van der Waals surface area contributed by atoms with E-state index >= 15 is 0 Å². The van der Waals surface area contributed by atoms with Crippen LogP contribution in [-0.4, -0.2) is 19.0 Å². The van der Waals surface area contributed by atoms with E-state index in [4.69, 9.17) is 0 Å². The molecule has 146 valence electrons. The number of carbonyl (C=O) groups is 1. The van der Waals surface area contributed by atoms with Crippen molar-refractivity contribution in [2.45, 2.75) is 26.1 Å². The average Bonchev–Trinajstić information content (AvgIpc) is 2.57. The number of carbonyl (C=O) groups excluding carboxylic acids is 1. The molecular weight excluding hydrogens is 375 g/mol. The van der Waals surface area contributed by atoms with Gasteiger partial charge in [0.2, 0.25) is 0 Å². The molecular formula is C17H15F5N2O3. The minimum atomic E-state index is -4.84. The Morgan fingerprint density at radius 3 is 2.41 bits per heavy atom. The molecule has 27 heavy (non-hydrogen) atoms. The Bertz CT molecular complexity index is 768. The molecule has 0 unspecified atom stereocenters. The molecule has 0 bridgehead atoms. The number of benzene rings is 2. The molecule has 0 aromatic heterocycles. The van der Waals surface area contributed by atoms with Gasteiger partial charge in [-0.1, -0.05) is 30.3 Å². The minimum Gasteiger partial charge on any atom is -0.435 e. The molecule has 0 fully saturated rings. The molecule has 2 rings (SSSR count). The summed E-state index contributed by atoms with van der Waals surface area (Å²) in [6.45, 7) is -3.16. The lowest BCUT2D eigenvalue weighted by atomic mass is 10.2. The Labute approximate surface area is 151 Å². The van der Waals surface area contributed by atoms with E-state index in [9.17, 15) is 26.7 Å². The van der Waals surface area contributed by atoms with Gasteiger partial charge in [0, 0.05) is 18.7 Å². The Morgan fingerprint density at radius 1 is 1.00 bits per heavy atom. The molecule has 0 saturated carbocycles. The van der Waals surface area contributed by atoms with Crippen molar-refractivity contribution in [1.29, 1.82) is 0 Å². The van der Waals surface area contributed by atoms with E-state index in [0.717, 1.165) is 6.07 Å². The molecule has 0 aliphatic carbocycles. The van der Waals surface area contributed by atoms with E-state index in [1.54, 1.807) is 6.07 Å². The van der Waals surface area contributed by atoms with E-state index in [1.807, 2.05) is 0 Å². The summed E-state index contributed by atoms with van der Waals surface area (Å²) >= 11 is 0. The van der Waals surface area contributed by atoms with Gasteiger partial charge < -0.3 is 20.1 Å². The minimum absolute atomic E-state index is 0.00691. The second kappa shape index (κ2) is 9.06. The van der Waals surface area contributed by atoms with Crippen molar-refractivity contribution in [3.05, 3.63) is 59.7 Å². The summed E-state index contributed by atoms with van der Waals surface area (Å²) in [5, 5.41) is 4.85. The second-order valence-electron chi connectivity index (χ2n) is 5.22. The number of amides is 2. The standard InChI is InChI=1S/C17H15F5N2O3/c18-15(19)26-13-6-3-4-11(8-13)9-23-16(25)24-10-12-5-1-2-7-14(12)27-17(20,21)22/h1-8,15H,9-10H2,(H2,23,24,25). The van der Waals surface area contributed by atoms with Gasteiger partial charge in [0.05, 0.1) is 0 Å². The van der Waals surface area contributed by atoms with Crippen LogP contribution in [0.1, 0.15) is 11.1 Å². The molecule has 0 aliphatic rings. The van der Waals surface area contributed by atoms with Crippen LogP contribution in [0.25, 0.3) is 0 Å². The fraction of sp³-hybridized carbons (Fsp3) is 0.235. The Hall–Kier alpha value is -3.04. The number of nitrogens with one attached hydrogen (secondary N) is 2. The maximum atomic E-state index is 12.4. The van der Waals surface area contributed by atoms with Crippen molar-refractivity contribution in [1.82, 2.24) is 10.6 Å². The number of urea groups is 1. The van der Waals surface area contributed by atoms with E-state index in [-0.39, 0.29) is 24.4 Å². The Kier molecular flexibility index (Phi) is 6.80. The predicted octanol–water partition coefficient (Wildman–Crippen LogP) is 4.19. The van der Waals surface area contributed by atoms with Crippen LogP contribution in [0, 0.1) is 0 Å². The molecule has 0 saturated heterocycles. The SMILES string of the molecule is O=C(NCc1cccc(OC(F)F)c1)NCc1ccccc1OC(F)(F)F. The van der Waals surface area contributed by atoms with Crippen molar-refractivity contribution in [3.63, 3.8) is 0 Å². The van der Waals surface area contributed by atoms with Crippen molar-refractivity contribution in [2.24, 2.45) is 0 Å². The Balaban J connectivity index is 1.87. The maximum absolute atomic E-state index is 12.4. The summed E-state index contributed by atoms with van der Waals surface area (Å²) in [6.07, 6.45) is -4.84. The monoisotopic (exact) mass is 390 g/mol. The highest BCUT2D eigenvalue weighted by atomic mass is 19.4. The van der Waals surface area contributed by atoms with E-state index < -0.39 is 24.8 Å². The molecule has 10 heteroatoms. The topological polar surface area (TPSA) is 59.6 Å². The first-order chi connectivity index (χ1) is 12.7. The third-order valence-corrected chi connectivity index (χ3v) is 3.21. The summed E-state index contributed by atoms with van der Waals surface area (Å²) in [5.41, 5.74) is 0.640. The van der Waals surface area contributed by atoms with Gasteiger partial charge in [-0.3, -0.25) is 0 Å². The molecule has 2 amide bonds. The normalized spacial score (nSPS) is 11.2. The largest absolute Gasteiger partial charge is 0.573 e. The zero-order valence-corrected chi connectivity index (χ0v) is 13.7. The molecule has 0 aliphatic heterocycles. The van der Waals surface area contributed by atoms with Gasteiger partial charge in [-0.25, -0.2) is 4.79 Å². The third kappa shape index (κ3) is 7.38. The number of ether oxygens (including phenoxy) is 2. The molecule has 0 heterocycles. The van der Waals surface area contributed by atoms with Gasteiger partial charge in [-0.2, -0.15) is 8.78 Å². The van der Waals surface area contributed by atoms with Crippen LogP contribution in [0.15, 0.2) is 48.5 Å². The first-order valence-electron chi connectivity index (χ1n) is 7.62. The molecule has 5 nitrogen and oxygen atoms in total. The lowest BCUT2D eigenvalue weighted by Crippen LogP contribution is -2.34. The summed E-state index contributed by atoms with van der Waals surface area (Å²) in [6, 6.07) is 10.5. The number of alkyl halides is 5. The lowest BCUT2D eigenvalue weighted by Gasteiger charge is -2.14. The van der Waals surface area contributed by atoms with Gasteiger partial charge in [0.15, 0.2) is 0 Å². The highest BCUT2D eigenvalue weighted by molar-refractivity contribution is 5.73. The average molecular weight is 390 g/mol. The molecule has 0 atom stereocenters. The van der Waals surface area contributed by atoms with Crippen molar-refractivity contribution >= 4 is 6.03 Å². The fourth-order valence-electron chi connectivity index (χ4n) is 2.13. The van der Waals surface area contributed by atoms with Gasteiger partial charge in [-0.15, -0.1) is 13.2 Å². The smallest absolute Gasteiger partial charge is 0.435 e. The van der Waals surface area contributed by atoms with E-state index in [0.29, 0.717) is 5.56 Å².